The maximum absolute atomic E-state index is 11.2. The van der Waals surface area contributed by atoms with Crippen molar-refractivity contribution in [2.45, 2.75) is 117 Å². The third kappa shape index (κ3) is 9.94. The molecule has 0 radical (unpaired) electrons. The van der Waals surface area contributed by atoms with E-state index in [-0.39, 0.29) is 5.41 Å². The standard InChI is InChI=1S/C23H44O4/c1-4-6-8-10-12-14-16-23(17-15-13-11-9-7-5-2)18-26-22(27-19-23)20(3)21(24)25/h20,22H,4-19H2,1-3H3,(H,24,25). The number of hydrogen-bond donors (Lipinski definition) is 1. The van der Waals surface area contributed by atoms with E-state index in [1.807, 2.05) is 0 Å². The van der Waals surface area contributed by atoms with Crippen LogP contribution in [0.3, 0.4) is 0 Å². The molecule has 0 saturated carbocycles. The lowest BCUT2D eigenvalue weighted by Crippen LogP contribution is -2.45. The monoisotopic (exact) mass is 384 g/mol. The molecule has 0 spiro atoms. The minimum atomic E-state index is -0.848. The van der Waals surface area contributed by atoms with Crippen LogP contribution in [0.4, 0.5) is 0 Å². The number of rotatable bonds is 16. The quantitative estimate of drug-likeness (QED) is 0.306. The van der Waals surface area contributed by atoms with E-state index < -0.39 is 18.2 Å². The van der Waals surface area contributed by atoms with E-state index >= 15 is 0 Å². The summed E-state index contributed by atoms with van der Waals surface area (Å²) in [5, 5.41) is 9.19. The average Bonchev–Trinajstić information content (AvgIpc) is 2.67. The Morgan fingerprint density at radius 2 is 1.26 bits per heavy atom. The van der Waals surface area contributed by atoms with Gasteiger partial charge in [0, 0.05) is 5.41 Å². The van der Waals surface area contributed by atoms with Gasteiger partial charge in [-0.3, -0.25) is 4.79 Å². The van der Waals surface area contributed by atoms with Gasteiger partial charge in [-0.05, 0) is 19.8 Å². The minimum absolute atomic E-state index is 0.0875. The summed E-state index contributed by atoms with van der Waals surface area (Å²) in [6, 6.07) is 0. The molecular formula is C23H44O4. The van der Waals surface area contributed by atoms with E-state index in [1.165, 1.54) is 77.0 Å². The number of carbonyl (C=O) groups is 1. The topological polar surface area (TPSA) is 55.8 Å². The maximum Gasteiger partial charge on any atom is 0.311 e. The summed E-state index contributed by atoms with van der Waals surface area (Å²) in [4.78, 5) is 11.2. The van der Waals surface area contributed by atoms with Crippen LogP contribution in [0.25, 0.3) is 0 Å². The molecule has 1 aliphatic rings. The molecule has 0 bridgehead atoms. The first kappa shape index (κ1) is 24.4. The summed E-state index contributed by atoms with van der Waals surface area (Å²) in [5.41, 5.74) is 0.0875. The van der Waals surface area contributed by atoms with E-state index in [2.05, 4.69) is 13.8 Å². The van der Waals surface area contributed by atoms with Gasteiger partial charge in [0.2, 0.25) is 0 Å². The predicted octanol–water partition coefficient (Wildman–Crippen LogP) is 6.57. The second-order valence-electron chi connectivity index (χ2n) is 8.65. The zero-order valence-corrected chi connectivity index (χ0v) is 18.1. The van der Waals surface area contributed by atoms with Crippen LogP contribution in [0, 0.1) is 11.3 Å². The highest BCUT2D eigenvalue weighted by Crippen LogP contribution is 2.37. The lowest BCUT2D eigenvalue weighted by Gasteiger charge is -2.41. The van der Waals surface area contributed by atoms with Gasteiger partial charge in [-0.25, -0.2) is 0 Å². The van der Waals surface area contributed by atoms with E-state index in [1.54, 1.807) is 6.92 Å². The molecule has 0 aromatic carbocycles. The van der Waals surface area contributed by atoms with Gasteiger partial charge in [-0.2, -0.15) is 0 Å². The summed E-state index contributed by atoms with van der Waals surface area (Å²) in [7, 11) is 0. The Bertz CT molecular complexity index is 357. The predicted molar refractivity (Wildman–Crippen MR) is 111 cm³/mol. The van der Waals surface area contributed by atoms with Crippen molar-refractivity contribution in [1.82, 2.24) is 0 Å². The Morgan fingerprint density at radius 1 is 0.852 bits per heavy atom. The van der Waals surface area contributed by atoms with Gasteiger partial charge >= 0.3 is 5.97 Å². The largest absolute Gasteiger partial charge is 0.481 e. The summed E-state index contributed by atoms with van der Waals surface area (Å²) in [6.07, 6.45) is 17.3. The third-order valence-corrected chi connectivity index (χ3v) is 6.03. The van der Waals surface area contributed by atoms with Crippen molar-refractivity contribution in [2.75, 3.05) is 13.2 Å². The third-order valence-electron chi connectivity index (χ3n) is 6.03. The normalized spacial score (nSPS) is 18.5. The van der Waals surface area contributed by atoms with Crippen molar-refractivity contribution in [2.24, 2.45) is 11.3 Å². The zero-order chi connectivity index (χ0) is 20.0. The molecule has 1 fully saturated rings. The van der Waals surface area contributed by atoms with Crippen LogP contribution in [0.1, 0.15) is 111 Å². The fraction of sp³-hybridized carbons (Fsp3) is 0.957. The number of carboxylic acids is 1. The van der Waals surface area contributed by atoms with Crippen LogP contribution in [-0.2, 0) is 14.3 Å². The van der Waals surface area contributed by atoms with Gasteiger partial charge in [0.05, 0.1) is 13.2 Å². The van der Waals surface area contributed by atoms with Gasteiger partial charge < -0.3 is 14.6 Å². The lowest BCUT2D eigenvalue weighted by atomic mass is 9.78. The Hall–Kier alpha value is -0.610. The number of carboxylic acid groups (broad SMARTS) is 1. The molecule has 0 aromatic heterocycles. The van der Waals surface area contributed by atoms with E-state index in [9.17, 15) is 9.90 Å². The Labute approximate surface area is 167 Å². The smallest absolute Gasteiger partial charge is 0.311 e. The molecular weight excluding hydrogens is 340 g/mol. The summed E-state index contributed by atoms with van der Waals surface area (Å²) in [6.45, 7) is 7.47. The van der Waals surface area contributed by atoms with Crippen molar-refractivity contribution in [3.63, 3.8) is 0 Å². The van der Waals surface area contributed by atoms with Crippen LogP contribution in [-0.4, -0.2) is 30.6 Å². The van der Waals surface area contributed by atoms with Crippen LogP contribution in [0.5, 0.6) is 0 Å². The molecule has 1 atom stereocenters. The second-order valence-corrected chi connectivity index (χ2v) is 8.65. The molecule has 4 nitrogen and oxygen atoms in total. The van der Waals surface area contributed by atoms with Gasteiger partial charge in [0.25, 0.3) is 0 Å². The first-order chi connectivity index (χ1) is 13.0. The second kappa shape index (κ2) is 14.4. The van der Waals surface area contributed by atoms with Crippen molar-refractivity contribution >= 4 is 5.97 Å². The first-order valence-electron chi connectivity index (χ1n) is 11.5. The van der Waals surface area contributed by atoms with Crippen LogP contribution < -0.4 is 0 Å². The summed E-state index contributed by atoms with van der Waals surface area (Å²) >= 11 is 0. The SMILES string of the molecule is CCCCCCCCC1(CCCCCCCC)COC(C(C)C(=O)O)OC1. The molecule has 160 valence electrons. The van der Waals surface area contributed by atoms with Crippen LogP contribution >= 0.6 is 0 Å². The highest BCUT2D eigenvalue weighted by molar-refractivity contribution is 5.69. The Balaban J connectivity index is 2.43. The molecule has 1 saturated heterocycles. The Morgan fingerprint density at radius 3 is 1.67 bits per heavy atom. The number of unbranched alkanes of at least 4 members (excludes halogenated alkanes) is 10. The lowest BCUT2D eigenvalue weighted by molar-refractivity contribution is -0.251. The van der Waals surface area contributed by atoms with Crippen LogP contribution in [0.15, 0.2) is 0 Å². The first-order valence-corrected chi connectivity index (χ1v) is 11.5. The van der Waals surface area contributed by atoms with Crippen molar-refractivity contribution in [3.05, 3.63) is 0 Å². The fourth-order valence-corrected chi connectivity index (χ4v) is 3.99. The molecule has 1 heterocycles. The van der Waals surface area contributed by atoms with Gasteiger partial charge in [0.1, 0.15) is 5.92 Å². The number of hydrogen-bond acceptors (Lipinski definition) is 3. The molecule has 0 aliphatic carbocycles. The number of aliphatic carboxylic acids is 1. The Kier molecular flexibility index (Phi) is 13.0. The molecule has 27 heavy (non-hydrogen) atoms. The summed E-state index contributed by atoms with van der Waals surface area (Å²) < 4.78 is 11.8. The highest BCUT2D eigenvalue weighted by atomic mass is 16.7. The summed E-state index contributed by atoms with van der Waals surface area (Å²) in [5.74, 6) is -1.45. The zero-order valence-electron chi connectivity index (χ0n) is 18.1. The fourth-order valence-electron chi connectivity index (χ4n) is 3.99. The average molecular weight is 385 g/mol. The molecule has 1 unspecified atom stereocenters. The molecule has 0 amide bonds. The van der Waals surface area contributed by atoms with Crippen molar-refractivity contribution < 1.29 is 19.4 Å². The van der Waals surface area contributed by atoms with Gasteiger partial charge in [-0.1, -0.05) is 90.9 Å². The van der Waals surface area contributed by atoms with Crippen molar-refractivity contribution in [3.8, 4) is 0 Å². The number of ether oxygens (including phenoxy) is 2. The van der Waals surface area contributed by atoms with Gasteiger partial charge in [0.15, 0.2) is 6.29 Å². The van der Waals surface area contributed by atoms with E-state index in [0.29, 0.717) is 13.2 Å². The maximum atomic E-state index is 11.2. The van der Waals surface area contributed by atoms with Gasteiger partial charge in [-0.15, -0.1) is 0 Å². The van der Waals surface area contributed by atoms with Crippen molar-refractivity contribution in [1.29, 1.82) is 0 Å². The molecule has 4 heteroatoms. The molecule has 1 aliphatic heterocycles. The minimum Gasteiger partial charge on any atom is -0.481 e. The van der Waals surface area contributed by atoms with Crippen LogP contribution in [0.2, 0.25) is 0 Å². The molecule has 1 N–H and O–H groups in total. The van der Waals surface area contributed by atoms with E-state index in [0.717, 1.165) is 12.8 Å². The molecule has 1 rings (SSSR count). The highest BCUT2D eigenvalue weighted by Gasteiger charge is 2.39. The molecule has 0 aromatic rings. The van der Waals surface area contributed by atoms with E-state index in [4.69, 9.17) is 9.47 Å².